The van der Waals surface area contributed by atoms with Gasteiger partial charge in [0.25, 0.3) is 0 Å². The van der Waals surface area contributed by atoms with Gasteiger partial charge in [-0.1, -0.05) is 15.9 Å². The van der Waals surface area contributed by atoms with E-state index < -0.39 is 0 Å². The smallest absolute Gasteiger partial charge is 0.127 e. The van der Waals surface area contributed by atoms with Crippen LogP contribution < -0.4 is 5.73 Å². The summed E-state index contributed by atoms with van der Waals surface area (Å²) in [6.45, 7) is 2.32. The van der Waals surface area contributed by atoms with Crippen LogP contribution in [-0.4, -0.2) is 25.0 Å². The van der Waals surface area contributed by atoms with E-state index in [1.54, 1.807) is 6.07 Å². The molecule has 0 radical (unpaired) electrons. The molecule has 0 unspecified atom stereocenters. The summed E-state index contributed by atoms with van der Waals surface area (Å²) >= 11 is 3.37. The maximum atomic E-state index is 13.6. The molecule has 4 heteroatoms. The minimum atomic E-state index is -0.141. The third-order valence-electron chi connectivity index (χ3n) is 3.44. The van der Waals surface area contributed by atoms with Crippen LogP contribution in [0.25, 0.3) is 0 Å². The first-order chi connectivity index (χ1) is 8.04. The number of nitrogens with two attached hydrogens (primary N) is 1. The number of nitrogens with zero attached hydrogens (tertiary/aromatic N) is 1. The molecule has 2 nitrogen and oxygen atoms in total. The van der Waals surface area contributed by atoms with Crippen molar-refractivity contribution < 1.29 is 4.39 Å². The zero-order chi connectivity index (χ0) is 12.5. The Kier molecular flexibility index (Phi) is 3.85. The second kappa shape index (κ2) is 5.04. The van der Waals surface area contributed by atoms with Crippen LogP contribution in [0.3, 0.4) is 0 Å². The second-order valence-corrected chi connectivity index (χ2v) is 6.03. The minimum Gasteiger partial charge on any atom is -0.330 e. The molecule has 0 aliphatic heterocycles. The first-order valence-electron chi connectivity index (χ1n) is 5.87. The van der Waals surface area contributed by atoms with Gasteiger partial charge in [-0.2, -0.15) is 0 Å². The van der Waals surface area contributed by atoms with Gasteiger partial charge in [-0.3, -0.25) is 0 Å². The highest BCUT2D eigenvalue weighted by Crippen LogP contribution is 2.45. The fraction of sp³-hybridized carbons (Fsp3) is 0.538. The van der Waals surface area contributed by atoms with Crippen LogP contribution >= 0.6 is 15.9 Å². The highest BCUT2D eigenvalue weighted by Gasteiger charge is 2.41. The standard InChI is InChI=1S/C13H18BrFN2/c1-17(9-13(8-16)4-5-13)7-10-6-11(14)2-3-12(10)15/h2-3,6H,4-5,7-9,16H2,1H3. The average molecular weight is 301 g/mol. The summed E-state index contributed by atoms with van der Waals surface area (Å²) in [5.41, 5.74) is 6.79. The molecule has 1 saturated carbocycles. The van der Waals surface area contributed by atoms with Crippen molar-refractivity contribution in [3.05, 3.63) is 34.1 Å². The predicted molar refractivity (Wildman–Crippen MR) is 71.2 cm³/mol. The average Bonchev–Trinajstić information content (AvgIpc) is 3.04. The molecule has 1 aliphatic carbocycles. The van der Waals surface area contributed by atoms with Crippen LogP contribution in [-0.2, 0) is 6.54 Å². The molecule has 0 aromatic heterocycles. The van der Waals surface area contributed by atoms with E-state index in [1.807, 2.05) is 13.1 Å². The van der Waals surface area contributed by atoms with Crippen molar-refractivity contribution in [3.63, 3.8) is 0 Å². The van der Waals surface area contributed by atoms with Crippen molar-refractivity contribution in [1.82, 2.24) is 4.90 Å². The normalized spacial score (nSPS) is 17.5. The third-order valence-corrected chi connectivity index (χ3v) is 3.94. The van der Waals surface area contributed by atoms with Gasteiger partial charge in [0.1, 0.15) is 5.82 Å². The van der Waals surface area contributed by atoms with E-state index in [9.17, 15) is 4.39 Å². The fourth-order valence-corrected chi connectivity index (χ4v) is 2.60. The Morgan fingerprint density at radius 1 is 1.47 bits per heavy atom. The summed E-state index contributed by atoms with van der Waals surface area (Å²) in [6.07, 6.45) is 2.41. The van der Waals surface area contributed by atoms with Crippen molar-refractivity contribution in [3.8, 4) is 0 Å². The summed E-state index contributed by atoms with van der Waals surface area (Å²) in [7, 11) is 2.02. The summed E-state index contributed by atoms with van der Waals surface area (Å²) in [5, 5.41) is 0. The number of hydrogen-bond donors (Lipinski definition) is 1. The van der Waals surface area contributed by atoms with Crippen molar-refractivity contribution in [2.75, 3.05) is 20.1 Å². The van der Waals surface area contributed by atoms with Crippen LogP contribution in [0, 0.1) is 11.2 Å². The summed E-state index contributed by atoms with van der Waals surface area (Å²) in [6, 6.07) is 5.07. The lowest BCUT2D eigenvalue weighted by molar-refractivity contribution is 0.256. The largest absolute Gasteiger partial charge is 0.330 e. The molecule has 0 heterocycles. The van der Waals surface area contributed by atoms with Crippen LogP contribution in [0.4, 0.5) is 4.39 Å². The van der Waals surface area contributed by atoms with E-state index in [0.717, 1.165) is 23.1 Å². The molecule has 2 N–H and O–H groups in total. The summed E-state index contributed by atoms with van der Waals surface area (Å²) in [4.78, 5) is 2.16. The molecule has 2 rings (SSSR count). The molecular weight excluding hydrogens is 283 g/mol. The first-order valence-corrected chi connectivity index (χ1v) is 6.66. The van der Waals surface area contributed by atoms with Crippen molar-refractivity contribution in [2.45, 2.75) is 19.4 Å². The molecule has 1 aliphatic rings. The Hall–Kier alpha value is -0.450. The number of hydrogen-bond acceptors (Lipinski definition) is 2. The van der Waals surface area contributed by atoms with Gasteiger partial charge in [0.15, 0.2) is 0 Å². The molecule has 0 saturated heterocycles. The lowest BCUT2D eigenvalue weighted by Crippen LogP contribution is -2.31. The minimum absolute atomic E-state index is 0.141. The number of halogens is 2. The Morgan fingerprint density at radius 3 is 2.76 bits per heavy atom. The maximum absolute atomic E-state index is 13.6. The summed E-state index contributed by atoms with van der Waals surface area (Å²) < 4.78 is 14.5. The van der Waals surface area contributed by atoms with E-state index in [4.69, 9.17) is 5.73 Å². The van der Waals surface area contributed by atoms with Crippen molar-refractivity contribution >= 4 is 15.9 Å². The van der Waals surface area contributed by atoms with Gasteiger partial charge in [0, 0.05) is 23.1 Å². The third kappa shape index (κ3) is 3.27. The van der Waals surface area contributed by atoms with E-state index in [1.165, 1.54) is 18.9 Å². The van der Waals surface area contributed by atoms with Gasteiger partial charge < -0.3 is 10.6 Å². The van der Waals surface area contributed by atoms with Gasteiger partial charge >= 0.3 is 0 Å². The number of benzene rings is 1. The van der Waals surface area contributed by atoms with E-state index >= 15 is 0 Å². The second-order valence-electron chi connectivity index (χ2n) is 5.11. The lowest BCUT2D eigenvalue weighted by Gasteiger charge is -2.22. The zero-order valence-corrected chi connectivity index (χ0v) is 11.6. The molecule has 1 aromatic rings. The van der Waals surface area contributed by atoms with Crippen molar-refractivity contribution in [2.24, 2.45) is 11.1 Å². The van der Waals surface area contributed by atoms with Crippen LogP contribution in [0.2, 0.25) is 0 Å². The topological polar surface area (TPSA) is 29.3 Å². The lowest BCUT2D eigenvalue weighted by atomic mass is 10.1. The Morgan fingerprint density at radius 2 is 2.18 bits per heavy atom. The van der Waals surface area contributed by atoms with Crippen LogP contribution in [0.15, 0.2) is 22.7 Å². The van der Waals surface area contributed by atoms with Crippen molar-refractivity contribution in [1.29, 1.82) is 0 Å². The quantitative estimate of drug-likeness (QED) is 0.906. The Labute approximate surface area is 110 Å². The van der Waals surface area contributed by atoms with Gasteiger partial charge in [0.05, 0.1) is 0 Å². The van der Waals surface area contributed by atoms with Gasteiger partial charge in [-0.15, -0.1) is 0 Å². The molecule has 0 spiro atoms. The van der Waals surface area contributed by atoms with Gasteiger partial charge in [-0.05, 0) is 50.0 Å². The molecule has 0 atom stereocenters. The molecule has 94 valence electrons. The van der Waals surface area contributed by atoms with Crippen LogP contribution in [0.1, 0.15) is 18.4 Å². The van der Waals surface area contributed by atoms with Gasteiger partial charge in [0.2, 0.25) is 0 Å². The SMILES string of the molecule is CN(Cc1cc(Br)ccc1F)CC1(CN)CC1. The fourth-order valence-electron chi connectivity index (χ4n) is 2.19. The maximum Gasteiger partial charge on any atom is 0.127 e. The predicted octanol–water partition coefficient (Wildman–Crippen LogP) is 2.76. The number of rotatable bonds is 5. The highest BCUT2D eigenvalue weighted by atomic mass is 79.9. The van der Waals surface area contributed by atoms with E-state index in [2.05, 4.69) is 20.8 Å². The molecule has 1 fully saturated rings. The van der Waals surface area contributed by atoms with E-state index in [0.29, 0.717) is 12.0 Å². The first kappa shape index (κ1) is 13.0. The van der Waals surface area contributed by atoms with Gasteiger partial charge in [-0.25, -0.2) is 4.39 Å². The van der Waals surface area contributed by atoms with E-state index in [-0.39, 0.29) is 5.82 Å². The molecule has 0 bridgehead atoms. The molecule has 0 amide bonds. The Bertz CT molecular complexity index is 404. The highest BCUT2D eigenvalue weighted by molar-refractivity contribution is 9.10. The molecule has 1 aromatic carbocycles. The molecule has 17 heavy (non-hydrogen) atoms. The monoisotopic (exact) mass is 300 g/mol. The summed E-state index contributed by atoms with van der Waals surface area (Å²) in [5.74, 6) is -0.141. The van der Waals surface area contributed by atoms with Crippen LogP contribution in [0.5, 0.6) is 0 Å². The Balaban J connectivity index is 1.98. The molecular formula is C13H18BrFN2. The zero-order valence-electron chi connectivity index (χ0n) is 10.0.